The topological polar surface area (TPSA) is 29.9 Å². The second-order valence-corrected chi connectivity index (χ2v) is 5.32. The molecule has 0 spiro atoms. The molecule has 0 radical (unpaired) electrons. The van der Waals surface area contributed by atoms with Crippen LogP contribution in [-0.4, -0.2) is 22.4 Å². The fourth-order valence-electron chi connectivity index (χ4n) is 2.78. The largest absolute Gasteiger partial charge is 0.314 e. The van der Waals surface area contributed by atoms with Gasteiger partial charge in [-0.3, -0.25) is 4.68 Å². The summed E-state index contributed by atoms with van der Waals surface area (Å²) < 4.78 is 2.13. The molecule has 19 heavy (non-hydrogen) atoms. The first-order chi connectivity index (χ1) is 9.42. The molecule has 0 bridgehead atoms. The van der Waals surface area contributed by atoms with Gasteiger partial charge < -0.3 is 5.32 Å². The molecule has 100 valence electrons. The predicted octanol–water partition coefficient (Wildman–Crippen LogP) is 2.62. The Kier molecular flexibility index (Phi) is 3.94. The van der Waals surface area contributed by atoms with Crippen LogP contribution in [0.25, 0.3) is 0 Å². The summed E-state index contributed by atoms with van der Waals surface area (Å²) in [4.78, 5) is 0. The molecular weight excluding hydrogens is 234 g/mol. The zero-order valence-corrected chi connectivity index (χ0v) is 11.3. The highest BCUT2D eigenvalue weighted by Gasteiger charge is 2.15. The van der Waals surface area contributed by atoms with Gasteiger partial charge in [0.05, 0.1) is 6.54 Å². The second-order valence-electron chi connectivity index (χ2n) is 5.32. The lowest BCUT2D eigenvalue weighted by molar-refractivity contribution is 0.391. The highest BCUT2D eigenvalue weighted by molar-refractivity contribution is 5.16. The molecule has 1 aliphatic heterocycles. The van der Waals surface area contributed by atoms with Gasteiger partial charge in [-0.2, -0.15) is 5.10 Å². The number of hydrogen-bond donors (Lipinski definition) is 1. The van der Waals surface area contributed by atoms with Gasteiger partial charge in [0.1, 0.15) is 0 Å². The smallest absolute Gasteiger partial charge is 0.0662 e. The predicted molar refractivity (Wildman–Crippen MR) is 77.1 cm³/mol. The molecule has 0 saturated carbocycles. The van der Waals surface area contributed by atoms with Crippen LogP contribution in [-0.2, 0) is 13.0 Å². The molecule has 1 N–H and O–H groups in total. The van der Waals surface area contributed by atoms with Crippen LogP contribution in [0.5, 0.6) is 0 Å². The summed E-state index contributed by atoms with van der Waals surface area (Å²) >= 11 is 0. The second kappa shape index (κ2) is 6.02. The zero-order chi connectivity index (χ0) is 12.9. The molecule has 1 aromatic carbocycles. The molecule has 2 aromatic rings. The van der Waals surface area contributed by atoms with E-state index < -0.39 is 0 Å². The Morgan fingerprint density at radius 1 is 1.16 bits per heavy atom. The van der Waals surface area contributed by atoms with E-state index in [4.69, 9.17) is 0 Å². The van der Waals surface area contributed by atoms with Gasteiger partial charge in [-0.1, -0.05) is 36.8 Å². The summed E-state index contributed by atoms with van der Waals surface area (Å²) in [5.41, 5.74) is 2.65. The summed E-state index contributed by atoms with van der Waals surface area (Å²) in [5.74, 6) is 0. The maximum Gasteiger partial charge on any atom is 0.0662 e. The molecule has 3 heteroatoms. The Labute approximate surface area is 114 Å². The van der Waals surface area contributed by atoms with Crippen molar-refractivity contribution in [1.29, 1.82) is 0 Å². The Balaban J connectivity index is 1.68. The van der Waals surface area contributed by atoms with Crippen LogP contribution < -0.4 is 5.32 Å². The molecule has 0 amide bonds. The van der Waals surface area contributed by atoms with Crippen LogP contribution in [0.2, 0.25) is 0 Å². The van der Waals surface area contributed by atoms with E-state index in [1.807, 2.05) is 6.20 Å². The summed E-state index contributed by atoms with van der Waals surface area (Å²) in [6, 6.07) is 13.3. The third-order valence-electron chi connectivity index (χ3n) is 3.85. The number of hydrogen-bond acceptors (Lipinski definition) is 2. The lowest BCUT2D eigenvalue weighted by atomic mass is 10.0. The molecule has 3 rings (SSSR count). The summed E-state index contributed by atoms with van der Waals surface area (Å²) in [7, 11) is 0. The van der Waals surface area contributed by atoms with E-state index in [1.165, 1.54) is 30.5 Å². The van der Waals surface area contributed by atoms with Crippen LogP contribution in [0.15, 0.2) is 42.6 Å². The highest BCUT2D eigenvalue weighted by atomic mass is 15.3. The molecule has 3 nitrogen and oxygen atoms in total. The lowest BCUT2D eigenvalue weighted by Crippen LogP contribution is -2.36. The van der Waals surface area contributed by atoms with Crippen molar-refractivity contribution in [3.05, 3.63) is 53.9 Å². The fraction of sp³-hybridized carbons (Fsp3) is 0.438. The maximum atomic E-state index is 4.47. The van der Waals surface area contributed by atoms with E-state index in [2.05, 4.69) is 51.5 Å². The van der Waals surface area contributed by atoms with Gasteiger partial charge in [0.15, 0.2) is 0 Å². The molecule has 1 fully saturated rings. The van der Waals surface area contributed by atoms with Gasteiger partial charge in [0, 0.05) is 24.4 Å². The van der Waals surface area contributed by atoms with Gasteiger partial charge in [-0.05, 0) is 31.0 Å². The van der Waals surface area contributed by atoms with Crippen molar-refractivity contribution < 1.29 is 0 Å². The number of nitrogens with zero attached hydrogens (tertiary/aromatic N) is 2. The first kappa shape index (κ1) is 12.4. The van der Waals surface area contributed by atoms with E-state index >= 15 is 0 Å². The molecule has 1 atom stereocenters. The molecule has 1 saturated heterocycles. The van der Waals surface area contributed by atoms with Crippen molar-refractivity contribution in [3.8, 4) is 0 Å². The summed E-state index contributed by atoms with van der Waals surface area (Å²) in [6.07, 6.45) is 6.97. The van der Waals surface area contributed by atoms with Crippen molar-refractivity contribution in [3.63, 3.8) is 0 Å². The Bertz CT molecular complexity index is 498. The first-order valence-electron chi connectivity index (χ1n) is 7.20. The minimum absolute atomic E-state index is 0.625. The van der Waals surface area contributed by atoms with Gasteiger partial charge in [0.2, 0.25) is 0 Å². The Morgan fingerprint density at radius 3 is 2.84 bits per heavy atom. The van der Waals surface area contributed by atoms with Crippen molar-refractivity contribution in [1.82, 2.24) is 15.1 Å². The van der Waals surface area contributed by atoms with E-state index in [1.54, 1.807) is 0 Å². The summed E-state index contributed by atoms with van der Waals surface area (Å²) in [5, 5.41) is 8.07. The molecule has 2 heterocycles. The highest BCUT2D eigenvalue weighted by Crippen LogP contribution is 2.13. The third-order valence-corrected chi connectivity index (χ3v) is 3.85. The summed E-state index contributed by atoms with van der Waals surface area (Å²) in [6.45, 7) is 2.04. The first-order valence-corrected chi connectivity index (χ1v) is 7.20. The molecule has 1 aliphatic rings. The Hall–Kier alpha value is -1.61. The quantitative estimate of drug-likeness (QED) is 0.910. The van der Waals surface area contributed by atoms with Crippen LogP contribution >= 0.6 is 0 Å². The fourth-order valence-corrected chi connectivity index (χ4v) is 2.78. The molecular formula is C16H21N3. The van der Waals surface area contributed by atoms with Gasteiger partial charge in [-0.15, -0.1) is 0 Å². The zero-order valence-electron chi connectivity index (χ0n) is 11.3. The molecule has 0 aliphatic carbocycles. The van der Waals surface area contributed by atoms with Crippen molar-refractivity contribution in [2.75, 3.05) is 6.54 Å². The average molecular weight is 255 g/mol. The Morgan fingerprint density at radius 2 is 2.05 bits per heavy atom. The van der Waals surface area contributed by atoms with Crippen molar-refractivity contribution >= 4 is 0 Å². The van der Waals surface area contributed by atoms with E-state index in [9.17, 15) is 0 Å². The van der Waals surface area contributed by atoms with E-state index in [0.717, 1.165) is 19.5 Å². The SMILES string of the molecule is c1ccc(Cn2nccc2CC2CCCCN2)cc1. The normalized spacial score (nSPS) is 19.5. The lowest BCUT2D eigenvalue weighted by Gasteiger charge is -2.23. The minimum atomic E-state index is 0.625. The van der Waals surface area contributed by atoms with Crippen LogP contribution in [0.3, 0.4) is 0 Å². The molecule has 1 aromatic heterocycles. The monoisotopic (exact) mass is 255 g/mol. The van der Waals surface area contributed by atoms with Crippen molar-refractivity contribution in [2.45, 2.75) is 38.3 Å². The number of benzene rings is 1. The van der Waals surface area contributed by atoms with E-state index in [0.29, 0.717) is 6.04 Å². The number of piperidine rings is 1. The van der Waals surface area contributed by atoms with Gasteiger partial charge in [0.25, 0.3) is 0 Å². The number of aromatic nitrogens is 2. The van der Waals surface area contributed by atoms with Gasteiger partial charge >= 0.3 is 0 Å². The maximum absolute atomic E-state index is 4.47. The molecule has 1 unspecified atom stereocenters. The number of rotatable bonds is 4. The van der Waals surface area contributed by atoms with Crippen molar-refractivity contribution in [2.24, 2.45) is 0 Å². The van der Waals surface area contributed by atoms with Gasteiger partial charge in [-0.25, -0.2) is 0 Å². The van der Waals surface area contributed by atoms with Crippen LogP contribution in [0, 0.1) is 0 Å². The average Bonchev–Trinajstić information content (AvgIpc) is 2.88. The minimum Gasteiger partial charge on any atom is -0.314 e. The third kappa shape index (κ3) is 3.24. The standard InChI is InChI=1S/C16H21N3/c1-2-6-14(7-3-1)13-19-16(9-11-18-19)12-15-8-4-5-10-17-15/h1-3,6-7,9,11,15,17H,4-5,8,10,12-13H2. The van der Waals surface area contributed by atoms with Crippen LogP contribution in [0.4, 0.5) is 0 Å². The van der Waals surface area contributed by atoms with Crippen LogP contribution in [0.1, 0.15) is 30.5 Å². The number of nitrogens with one attached hydrogen (secondary N) is 1. The van der Waals surface area contributed by atoms with E-state index in [-0.39, 0.29) is 0 Å².